The van der Waals surface area contributed by atoms with E-state index in [0.29, 0.717) is 24.5 Å². The lowest BCUT2D eigenvalue weighted by atomic mass is 10.1. The molecule has 0 spiro atoms. The van der Waals surface area contributed by atoms with Crippen LogP contribution in [0.1, 0.15) is 29.5 Å². The maximum atomic E-state index is 12.2. The smallest absolute Gasteiger partial charge is 0.315 e. The van der Waals surface area contributed by atoms with E-state index in [9.17, 15) is 4.79 Å². The zero-order chi connectivity index (χ0) is 19.3. The first-order valence-corrected chi connectivity index (χ1v) is 9.01. The first-order valence-electron chi connectivity index (χ1n) is 8.22. The summed E-state index contributed by atoms with van der Waals surface area (Å²) in [6.45, 7) is 6.06. The highest BCUT2D eigenvalue weighted by atomic mass is 79.9. The number of hydrogen-bond donors (Lipinski definition) is 2. The molecule has 2 N–H and O–H groups in total. The van der Waals surface area contributed by atoms with Gasteiger partial charge in [0.2, 0.25) is 0 Å². The number of aromatic nitrogens is 1. The Bertz CT molecular complexity index is 757. The molecule has 0 fully saturated rings. The van der Waals surface area contributed by atoms with Crippen LogP contribution in [0.4, 0.5) is 4.79 Å². The third kappa shape index (κ3) is 4.91. The number of amides is 2. The number of hydrogen-bond acceptors (Lipinski definition) is 5. The summed E-state index contributed by atoms with van der Waals surface area (Å²) in [6, 6.07) is 3.34. The summed E-state index contributed by atoms with van der Waals surface area (Å²) in [6.07, 6.45) is 0.661. The second kappa shape index (κ2) is 8.93. The molecule has 2 aromatic rings. The van der Waals surface area contributed by atoms with Crippen LogP contribution in [0.2, 0.25) is 0 Å². The molecule has 1 aromatic heterocycles. The number of carbonyl (C=O) groups excluding carboxylic acids is 1. The molecule has 8 heteroatoms. The average Bonchev–Trinajstić information content (AvgIpc) is 2.92. The van der Waals surface area contributed by atoms with Crippen LogP contribution < -0.4 is 20.1 Å². The summed E-state index contributed by atoms with van der Waals surface area (Å²) in [5.74, 6) is 2.02. The second-order valence-electron chi connectivity index (χ2n) is 6.03. The summed E-state index contributed by atoms with van der Waals surface area (Å²) < 4.78 is 16.5. The normalized spacial score (nSPS) is 11.8. The van der Waals surface area contributed by atoms with Crippen molar-refractivity contribution in [3.8, 4) is 11.5 Å². The number of halogens is 1. The lowest BCUT2D eigenvalue weighted by Gasteiger charge is -2.16. The highest BCUT2D eigenvalue weighted by molar-refractivity contribution is 9.10. The van der Waals surface area contributed by atoms with Crippen LogP contribution in [-0.2, 0) is 13.0 Å². The van der Waals surface area contributed by atoms with E-state index in [2.05, 4.69) is 31.7 Å². The number of nitrogens with one attached hydrogen (secondary N) is 2. The van der Waals surface area contributed by atoms with Crippen LogP contribution in [0.5, 0.6) is 11.5 Å². The standard InChI is InChI=1S/C18H24BrN3O4/c1-10(6-14-11(2)22-26-12(14)3)21-18(23)20-9-13-7-16(24-4)17(25-5)8-15(13)19/h7-8,10H,6,9H2,1-5H3,(H2,20,21,23). The van der Waals surface area contributed by atoms with Crippen molar-refractivity contribution in [3.63, 3.8) is 0 Å². The maximum absolute atomic E-state index is 12.2. The van der Waals surface area contributed by atoms with Gasteiger partial charge in [-0.15, -0.1) is 0 Å². The minimum atomic E-state index is -0.244. The van der Waals surface area contributed by atoms with Gasteiger partial charge in [-0.1, -0.05) is 21.1 Å². The first kappa shape index (κ1) is 20.1. The predicted molar refractivity (Wildman–Crippen MR) is 102 cm³/mol. The maximum Gasteiger partial charge on any atom is 0.315 e. The van der Waals surface area contributed by atoms with Gasteiger partial charge in [-0.25, -0.2) is 4.79 Å². The van der Waals surface area contributed by atoms with Crippen molar-refractivity contribution in [1.82, 2.24) is 15.8 Å². The zero-order valence-corrected chi connectivity index (χ0v) is 17.2. The van der Waals surface area contributed by atoms with Gasteiger partial charge in [0, 0.05) is 22.6 Å². The molecule has 0 saturated carbocycles. The lowest BCUT2D eigenvalue weighted by molar-refractivity contribution is 0.237. The Balaban J connectivity index is 1.92. The second-order valence-corrected chi connectivity index (χ2v) is 6.89. The fourth-order valence-electron chi connectivity index (χ4n) is 2.63. The Labute approximate surface area is 161 Å². The predicted octanol–water partition coefficient (Wildman–Crippen LogP) is 3.50. The van der Waals surface area contributed by atoms with Crippen LogP contribution in [0.3, 0.4) is 0 Å². The number of ether oxygens (including phenoxy) is 2. The van der Waals surface area contributed by atoms with Crippen molar-refractivity contribution in [2.24, 2.45) is 0 Å². The van der Waals surface area contributed by atoms with Gasteiger partial charge in [-0.2, -0.15) is 0 Å². The fraction of sp³-hybridized carbons (Fsp3) is 0.444. The molecular weight excluding hydrogens is 402 g/mol. The third-order valence-corrected chi connectivity index (χ3v) is 4.80. The van der Waals surface area contributed by atoms with E-state index in [0.717, 1.165) is 27.1 Å². The fourth-order valence-corrected chi connectivity index (χ4v) is 3.10. The minimum absolute atomic E-state index is 0.0550. The Morgan fingerprint density at radius 1 is 1.27 bits per heavy atom. The molecule has 0 aliphatic carbocycles. The van der Waals surface area contributed by atoms with Crippen molar-refractivity contribution < 1.29 is 18.8 Å². The van der Waals surface area contributed by atoms with Gasteiger partial charge in [0.05, 0.1) is 19.9 Å². The lowest BCUT2D eigenvalue weighted by Crippen LogP contribution is -2.41. The van der Waals surface area contributed by atoms with E-state index in [-0.39, 0.29) is 12.1 Å². The van der Waals surface area contributed by atoms with Gasteiger partial charge in [-0.3, -0.25) is 0 Å². The molecule has 1 atom stereocenters. The van der Waals surface area contributed by atoms with E-state index in [1.54, 1.807) is 14.2 Å². The molecule has 142 valence electrons. The number of aryl methyl sites for hydroxylation is 2. The van der Waals surface area contributed by atoms with E-state index in [1.165, 1.54) is 0 Å². The SMILES string of the molecule is COc1cc(Br)c(CNC(=O)NC(C)Cc2c(C)noc2C)cc1OC. The molecule has 7 nitrogen and oxygen atoms in total. The molecule has 1 heterocycles. The average molecular weight is 426 g/mol. The molecule has 26 heavy (non-hydrogen) atoms. The number of rotatable bonds is 7. The number of urea groups is 1. The quantitative estimate of drug-likeness (QED) is 0.708. The molecule has 2 amide bonds. The van der Waals surface area contributed by atoms with Crippen LogP contribution in [0, 0.1) is 13.8 Å². The van der Waals surface area contributed by atoms with Gasteiger partial charge >= 0.3 is 6.03 Å². The molecule has 1 aromatic carbocycles. The number of nitrogens with zero attached hydrogens (tertiary/aromatic N) is 1. The summed E-state index contributed by atoms with van der Waals surface area (Å²) in [5.41, 5.74) is 2.77. The largest absolute Gasteiger partial charge is 0.493 e. The summed E-state index contributed by atoms with van der Waals surface area (Å²) in [5, 5.41) is 9.71. The summed E-state index contributed by atoms with van der Waals surface area (Å²) >= 11 is 3.48. The zero-order valence-electron chi connectivity index (χ0n) is 15.6. The monoisotopic (exact) mass is 425 g/mol. The van der Waals surface area contributed by atoms with Crippen molar-refractivity contribution >= 4 is 22.0 Å². The topological polar surface area (TPSA) is 85.6 Å². The molecule has 0 saturated heterocycles. The van der Waals surface area contributed by atoms with Crippen molar-refractivity contribution in [2.45, 2.75) is 39.8 Å². The van der Waals surface area contributed by atoms with E-state index in [1.807, 2.05) is 32.9 Å². The molecule has 0 aliphatic rings. The molecule has 0 aliphatic heterocycles. The Kier molecular flexibility index (Phi) is 6.90. The number of methoxy groups -OCH3 is 2. The van der Waals surface area contributed by atoms with Crippen molar-refractivity contribution in [3.05, 3.63) is 39.2 Å². The number of benzene rings is 1. The van der Waals surface area contributed by atoms with E-state index < -0.39 is 0 Å². The van der Waals surface area contributed by atoms with Crippen molar-refractivity contribution in [2.75, 3.05) is 14.2 Å². The van der Waals surface area contributed by atoms with Gasteiger partial charge in [0.1, 0.15) is 5.76 Å². The third-order valence-electron chi connectivity index (χ3n) is 4.06. The van der Waals surface area contributed by atoms with Crippen molar-refractivity contribution in [1.29, 1.82) is 0 Å². The summed E-state index contributed by atoms with van der Waals surface area (Å²) in [7, 11) is 3.15. The number of carbonyl (C=O) groups is 1. The minimum Gasteiger partial charge on any atom is -0.493 e. The molecule has 2 rings (SSSR count). The molecule has 1 unspecified atom stereocenters. The van der Waals surface area contributed by atoms with Gasteiger partial charge in [-0.05, 0) is 44.9 Å². The first-order chi connectivity index (χ1) is 12.3. The van der Waals surface area contributed by atoms with Gasteiger partial charge in [0.25, 0.3) is 0 Å². The van der Waals surface area contributed by atoms with Crippen LogP contribution >= 0.6 is 15.9 Å². The molecular formula is C18H24BrN3O4. The van der Waals surface area contributed by atoms with Gasteiger partial charge < -0.3 is 24.6 Å². The van der Waals surface area contributed by atoms with Gasteiger partial charge in [0.15, 0.2) is 11.5 Å². The van der Waals surface area contributed by atoms with E-state index in [4.69, 9.17) is 14.0 Å². The highest BCUT2D eigenvalue weighted by Crippen LogP contribution is 2.33. The van der Waals surface area contributed by atoms with Crippen LogP contribution in [0.15, 0.2) is 21.1 Å². The molecule has 0 radical (unpaired) electrons. The Hall–Kier alpha value is -2.22. The highest BCUT2D eigenvalue weighted by Gasteiger charge is 2.15. The van der Waals surface area contributed by atoms with Crippen LogP contribution in [0.25, 0.3) is 0 Å². The molecule has 0 bridgehead atoms. The Morgan fingerprint density at radius 3 is 2.50 bits per heavy atom. The Morgan fingerprint density at radius 2 is 1.92 bits per heavy atom. The summed E-state index contributed by atoms with van der Waals surface area (Å²) in [4.78, 5) is 12.2. The van der Waals surface area contributed by atoms with Crippen LogP contribution in [-0.4, -0.2) is 31.4 Å². The van der Waals surface area contributed by atoms with E-state index >= 15 is 0 Å².